The number of hydrogen-bond donors (Lipinski definition) is 1. The summed E-state index contributed by atoms with van der Waals surface area (Å²) in [6.45, 7) is 8.15. The van der Waals surface area contributed by atoms with Gasteiger partial charge in [0, 0.05) is 11.6 Å². The molecular weight excluding hydrogens is 244 g/mol. The van der Waals surface area contributed by atoms with E-state index in [1.807, 2.05) is 0 Å². The summed E-state index contributed by atoms with van der Waals surface area (Å²) in [6.07, 6.45) is 12.3. The van der Waals surface area contributed by atoms with Crippen molar-refractivity contribution in [1.82, 2.24) is 10.2 Å². The molecule has 0 radical (unpaired) electrons. The average Bonchev–Trinajstić information content (AvgIpc) is 2.65. The maximum atomic E-state index is 3.90. The van der Waals surface area contributed by atoms with Crippen molar-refractivity contribution in [1.29, 1.82) is 0 Å². The molecule has 1 atom stereocenters. The Bertz CT molecular complexity index is 240. The van der Waals surface area contributed by atoms with E-state index in [9.17, 15) is 0 Å². The first kappa shape index (κ1) is 18.0. The van der Waals surface area contributed by atoms with Gasteiger partial charge in [-0.2, -0.15) is 0 Å². The van der Waals surface area contributed by atoms with E-state index >= 15 is 0 Å². The number of hydrogen-bond acceptors (Lipinski definition) is 2. The maximum absolute atomic E-state index is 3.90. The Kier molecular flexibility index (Phi) is 8.13. The fraction of sp³-hybridized carbons (Fsp3) is 1.00. The third kappa shape index (κ3) is 5.04. The van der Waals surface area contributed by atoms with E-state index in [2.05, 4.69) is 45.1 Å². The summed E-state index contributed by atoms with van der Waals surface area (Å²) in [5.74, 6) is 0.811. The minimum absolute atomic E-state index is 0.389. The summed E-state index contributed by atoms with van der Waals surface area (Å²) in [6, 6.07) is 0.665. The molecule has 2 heteroatoms. The smallest absolute Gasteiger partial charge is 0.0356 e. The van der Waals surface area contributed by atoms with Crippen molar-refractivity contribution in [2.75, 3.05) is 20.6 Å². The number of likely N-dealkylation sites (N-methyl/N-ethyl adjacent to an activating group) is 1. The lowest BCUT2D eigenvalue weighted by Gasteiger charge is -2.46. The highest BCUT2D eigenvalue weighted by molar-refractivity contribution is 4.99. The topological polar surface area (TPSA) is 15.3 Å². The van der Waals surface area contributed by atoms with Crippen LogP contribution in [0.4, 0.5) is 0 Å². The molecule has 1 N–H and O–H groups in total. The van der Waals surface area contributed by atoms with E-state index in [4.69, 9.17) is 0 Å². The largest absolute Gasteiger partial charge is 0.312 e. The van der Waals surface area contributed by atoms with Crippen LogP contribution in [0.15, 0.2) is 0 Å². The molecule has 0 saturated heterocycles. The monoisotopic (exact) mass is 282 g/mol. The molecule has 1 aliphatic carbocycles. The molecule has 0 spiro atoms. The molecule has 0 aromatic rings. The second-order valence-corrected chi connectivity index (χ2v) is 7.39. The highest BCUT2D eigenvalue weighted by atomic mass is 15.2. The first-order valence-corrected chi connectivity index (χ1v) is 8.93. The van der Waals surface area contributed by atoms with Crippen LogP contribution in [0.2, 0.25) is 0 Å². The van der Waals surface area contributed by atoms with Gasteiger partial charge in [0.2, 0.25) is 0 Å². The highest BCUT2D eigenvalue weighted by Gasteiger charge is 2.40. The van der Waals surface area contributed by atoms with Gasteiger partial charge in [-0.3, -0.25) is 0 Å². The molecule has 0 aliphatic heterocycles. The fourth-order valence-electron chi connectivity index (χ4n) is 3.83. The molecular formula is C18H38N2. The molecule has 0 aromatic carbocycles. The van der Waals surface area contributed by atoms with Gasteiger partial charge < -0.3 is 10.2 Å². The minimum atomic E-state index is 0.389. The van der Waals surface area contributed by atoms with E-state index < -0.39 is 0 Å². The van der Waals surface area contributed by atoms with E-state index in [-0.39, 0.29) is 0 Å². The Balaban J connectivity index is 2.83. The third-order valence-electron chi connectivity index (χ3n) is 5.18. The molecule has 120 valence electrons. The van der Waals surface area contributed by atoms with E-state index in [1.165, 1.54) is 64.3 Å². The van der Waals surface area contributed by atoms with Gasteiger partial charge in [-0.15, -0.1) is 0 Å². The molecule has 1 fully saturated rings. The molecule has 20 heavy (non-hydrogen) atoms. The first-order valence-electron chi connectivity index (χ1n) is 8.93. The molecule has 1 aliphatic rings. The van der Waals surface area contributed by atoms with Crippen molar-refractivity contribution < 1.29 is 0 Å². The van der Waals surface area contributed by atoms with Crippen LogP contribution >= 0.6 is 0 Å². The predicted molar refractivity (Wildman–Crippen MR) is 90.3 cm³/mol. The number of rotatable bonds is 8. The SMILES string of the molecule is CCCNC(CCC(C)C)C1(N(C)C)CCCCCC1. The number of nitrogens with one attached hydrogen (secondary N) is 1. The van der Waals surface area contributed by atoms with Crippen molar-refractivity contribution in [3.05, 3.63) is 0 Å². The summed E-state index contributed by atoms with van der Waals surface area (Å²) in [5, 5.41) is 3.90. The average molecular weight is 283 g/mol. The van der Waals surface area contributed by atoms with Crippen molar-refractivity contribution in [3.8, 4) is 0 Å². The molecule has 2 nitrogen and oxygen atoms in total. The lowest BCUT2D eigenvalue weighted by atomic mass is 9.78. The molecule has 1 rings (SSSR count). The molecule has 0 amide bonds. The van der Waals surface area contributed by atoms with Crippen LogP contribution in [0.5, 0.6) is 0 Å². The second-order valence-electron chi connectivity index (χ2n) is 7.39. The van der Waals surface area contributed by atoms with Crippen molar-refractivity contribution >= 4 is 0 Å². The van der Waals surface area contributed by atoms with Crippen molar-refractivity contribution in [2.24, 2.45) is 5.92 Å². The van der Waals surface area contributed by atoms with E-state index in [0.717, 1.165) is 5.92 Å². The Morgan fingerprint density at radius 2 is 1.60 bits per heavy atom. The van der Waals surface area contributed by atoms with Gasteiger partial charge in [0.05, 0.1) is 0 Å². The van der Waals surface area contributed by atoms with Gasteiger partial charge in [-0.25, -0.2) is 0 Å². The van der Waals surface area contributed by atoms with Gasteiger partial charge in [0.25, 0.3) is 0 Å². The van der Waals surface area contributed by atoms with Gasteiger partial charge in [-0.1, -0.05) is 46.5 Å². The van der Waals surface area contributed by atoms with Crippen molar-refractivity contribution in [2.45, 2.75) is 90.1 Å². The molecule has 0 bridgehead atoms. The fourth-order valence-corrected chi connectivity index (χ4v) is 3.83. The Labute approximate surface area is 127 Å². The zero-order chi connectivity index (χ0) is 15.0. The quantitative estimate of drug-likeness (QED) is 0.662. The molecule has 1 unspecified atom stereocenters. The lowest BCUT2D eigenvalue weighted by molar-refractivity contribution is 0.0737. The Morgan fingerprint density at radius 1 is 1.00 bits per heavy atom. The first-order chi connectivity index (χ1) is 9.53. The van der Waals surface area contributed by atoms with Gasteiger partial charge in [0.15, 0.2) is 0 Å². The minimum Gasteiger partial charge on any atom is -0.312 e. The van der Waals surface area contributed by atoms with Gasteiger partial charge in [-0.05, 0) is 58.7 Å². The normalized spacial score (nSPS) is 21.1. The lowest BCUT2D eigenvalue weighted by Crippen LogP contribution is -2.59. The van der Waals surface area contributed by atoms with Gasteiger partial charge in [0.1, 0.15) is 0 Å². The molecule has 0 heterocycles. The third-order valence-corrected chi connectivity index (χ3v) is 5.18. The van der Waals surface area contributed by atoms with E-state index in [1.54, 1.807) is 0 Å². The Hall–Kier alpha value is -0.0800. The van der Waals surface area contributed by atoms with Gasteiger partial charge >= 0.3 is 0 Å². The summed E-state index contributed by atoms with van der Waals surface area (Å²) >= 11 is 0. The second kappa shape index (κ2) is 9.04. The summed E-state index contributed by atoms with van der Waals surface area (Å²) in [4.78, 5) is 2.55. The van der Waals surface area contributed by atoms with E-state index in [0.29, 0.717) is 11.6 Å². The van der Waals surface area contributed by atoms with Crippen LogP contribution < -0.4 is 5.32 Å². The molecule has 1 saturated carbocycles. The summed E-state index contributed by atoms with van der Waals surface area (Å²) in [5.41, 5.74) is 0.389. The zero-order valence-electron chi connectivity index (χ0n) is 14.7. The van der Waals surface area contributed by atoms with Crippen LogP contribution in [0.1, 0.15) is 78.6 Å². The Morgan fingerprint density at radius 3 is 2.05 bits per heavy atom. The molecule has 0 aromatic heterocycles. The van der Waals surface area contributed by atoms with Crippen molar-refractivity contribution in [3.63, 3.8) is 0 Å². The standard InChI is InChI=1S/C18H38N2/c1-6-15-19-17(12-11-16(2)3)18(20(4)5)13-9-7-8-10-14-18/h16-17,19H,6-15H2,1-5H3. The van der Waals surface area contributed by atoms with Crippen LogP contribution in [-0.4, -0.2) is 37.1 Å². The maximum Gasteiger partial charge on any atom is 0.0356 e. The zero-order valence-corrected chi connectivity index (χ0v) is 14.7. The van der Waals surface area contributed by atoms with Crippen LogP contribution in [0.3, 0.4) is 0 Å². The predicted octanol–water partition coefficient (Wildman–Crippen LogP) is 4.45. The number of nitrogens with zero attached hydrogens (tertiary/aromatic N) is 1. The summed E-state index contributed by atoms with van der Waals surface area (Å²) in [7, 11) is 4.61. The van der Waals surface area contributed by atoms with Crippen LogP contribution in [-0.2, 0) is 0 Å². The van der Waals surface area contributed by atoms with Crippen LogP contribution in [0.25, 0.3) is 0 Å². The highest BCUT2D eigenvalue weighted by Crippen LogP contribution is 2.36. The summed E-state index contributed by atoms with van der Waals surface area (Å²) < 4.78 is 0. The van der Waals surface area contributed by atoms with Crippen LogP contribution in [0, 0.1) is 5.92 Å².